The van der Waals surface area contributed by atoms with Gasteiger partial charge in [0.2, 0.25) is 0 Å². The van der Waals surface area contributed by atoms with Crippen molar-refractivity contribution in [3.8, 4) is 0 Å². The largest absolute Gasteiger partial charge is 3.00 e. The Kier molecular flexibility index (Phi) is 24.6. The number of quaternary nitrogens is 1. The number of benzene rings is 2. The van der Waals surface area contributed by atoms with Crippen LogP contribution in [0.3, 0.4) is 0 Å². The molecule has 0 aliphatic heterocycles. The van der Waals surface area contributed by atoms with Crippen LogP contribution in [0, 0.1) is 13.8 Å². The van der Waals surface area contributed by atoms with E-state index in [9.17, 15) is 0 Å². The van der Waals surface area contributed by atoms with Crippen LogP contribution in [0.4, 0.5) is 11.4 Å². The summed E-state index contributed by atoms with van der Waals surface area (Å²) < 4.78 is 1.42. The number of rotatable bonds is 14. The zero-order valence-electron chi connectivity index (χ0n) is 28.1. The van der Waals surface area contributed by atoms with E-state index in [0.29, 0.717) is 0 Å². The quantitative estimate of drug-likeness (QED) is 0.110. The second kappa shape index (κ2) is 23.7. The molecule has 2 rings (SSSR count). The van der Waals surface area contributed by atoms with Gasteiger partial charge in [0.1, 0.15) is 0 Å². The molecule has 0 saturated carbocycles. The number of anilines is 2. The zero-order valence-corrected chi connectivity index (χ0v) is 32.3. The van der Waals surface area contributed by atoms with Crippen molar-refractivity contribution in [2.24, 2.45) is 0 Å². The molecule has 243 valence electrons. The van der Waals surface area contributed by atoms with Crippen molar-refractivity contribution >= 4 is 61.9 Å². The van der Waals surface area contributed by atoms with Crippen LogP contribution in [0.25, 0.3) is 0 Å². The Balaban J connectivity index is 0. The predicted molar refractivity (Wildman–Crippen MR) is 193 cm³/mol. The van der Waals surface area contributed by atoms with Crippen LogP contribution in [0.1, 0.15) is 90.2 Å². The Morgan fingerprint density at radius 3 is 0.952 bits per heavy atom. The van der Waals surface area contributed by atoms with Crippen LogP contribution in [0.5, 0.6) is 0 Å². The van der Waals surface area contributed by atoms with Gasteiger partial charge in [0.05, 0.1) is 26.2 Å². The van der Waals surface area contributed by atoms with E-state index in [2.05, 4.69) is 27.7 Å². The number of aryl methyl sites for hydroxylation is 2. The minimum atomic E-state index is 0. The fourth-order valence-corrected chi connectivity index (χ4v) is 5.72. The summed E-state index contributed by atoms with van der Waals surface area (Å²) in [5.41, 5.74) is 4.65. The maximum Gasteiger partial charge on any atom is 3.00 e. The van der Waals surface area contributed by atoms with E-state index in [1.165, 1.54) is 93.2 Å². The molecule has 42 heavy (non-hydrogen) atoms. The van der Waals surface area contributed by atoms with E-state index in [1.54, 1.807) is 0 Å². The van der Waals surface area contributed by atoms with Crippen molar-refractivity contribution in [3.05, 3.63) is 35.4 Å². The van der Waals surface area contributed by atoms with Crippen LogP contribution in [-0.4, -0.2) is 58.9 Å². The van der Waals surface area contributed by atoms with Gasteiger partial charge in [-0.3, -0.25) is 0 Å². The molecule has 0 aliphatic rings. The third-order valence-corrected chi connectivity index (χ3v) is 9.04. The van der Waals surface area contributed by atoms with Crippen LogP contribution < -0.4 is 9.80 Å². The summed E-state index contributed by atoms with van der Waals surface area (Å²) in [6.45, 7) is 19.1. The number of nitrogens with zero attached hydrogens (tertiary/aromatic N) is 3. The Bertz CT molecular complexity index is 900. The molecule has 0 aliphatic carbocycles. The maximum atomic E-state index is 5.09. The van der Waals surface area contributed by atoms with Gasteiger partial charge in [0, 0.05) is 39.6 Å². The third-order valence-electron chi connectivity index (χ3n) is 7.43. The standard InChI is InChI=1S/C16H36N.2C9H13NS2.Ni/c1-5-9-13-17(14-10-6-2,15-11-7-3)16-12-8-4;2*1-6-4-8(11)9(12)5-7(6)10(2)3;/h5-16H2,1-4H3;2*4-5,11-12H,1-3H3;/q+1;;;+3/p-4. The molecule has 0 unspecified atom stereocenters. The summed E-state index contributed by atoms with van der Waals surface area (Å²) in [6, 6.07) is 7.81. The fraction of sp³-hybridized carbons (Fsp3) is 0.647. The molecule has 8 heteroatoms. The van der Waals surface area contributed by atoms with Crippen LogP contribution in [0.15, 0.2) is 43.8 Å². The first-order chi connectivity index (χ1) is 19.3. The summed E-state index contributed by atoms with van der Waals surface area (Å²) in [5.74, 6) is 0. The van der Waals surface area contributed by atoms with Crippen LogP contribution in [0.2, 0.25) is 0 Å². The van der Waals surface area contributed by atoms with Crippen molar-refractivity contribution in [1.29, 1.82) is 0 Å². The molecule has 0 atom stereocenters. The van der Waals surface area contributed by atoms with Gasteiger partial charge in [0.15, 0.2) is 0 Å². The first kappa shape index (κ1) is 43.5. The second-order valence-corrected chi connectivity index (χ2v) is 13.4. The summed E-state index contributed by atoms with van der Waals surface area (Å²) in [4.78, 5) is 7.15. The van der Waals surface area contributed by atoms with E-state index >= 15 is 0 Å². The minimum Gasteiger partial charge on any atom is -0.781 e. The second-order valence-electron chi connectivity index (χ2n) is 11.6. The molecule has 0 fully saturated rings. The van der Waals surface area contributed by atoms with Crippen molar-refractivity contribution in [1.82, 2.24) is 0 Å². The van der Waals surface area contributed by atoms with Gasteiger partial charge < -0.3 is 64.8 Å². The zero-order chi connectivity index (χ0) is 31.6. The molecule has 0 saturated heterocycles. The smallest absolute Gasteiger partial charge is 0.781 e. The fourth-order valence-electron chi connectivity index (χ4n) is 4.91. The van der Waals surface area contributed by atoms with E-state index in [0.717, 1.165) is 31.0 Å². The van der Waals surface area contributed by atoms with Gasteiger partial charge in [-0.2, -0.15) is 19.6 Å². The Hall–Kier alpha value is -0.626. The topological polar surface area (TPSA) is 6.48 Å². The summed E-state index contributed by atoms with van der Waals surface area (Å²) >= 11 is 20.3. The molecular weight excluding hydrogens is 637 g/mol. The first-order valence-electron chi connectivity index (χ1n) is 15.5. The molecule has 0 bridgehead atoms. The van der Waals surface area contributed by atoms with E-state index in [1.807, 2.05) is 76.1 Å². The van der Waals surface area contributed by atoms with Gasteiger partial charge in [-0.1, -0.05) is 77.6 Å². The summed E-state index contributed by atoms with van der Waals surface area (Å²) in [5, 5.41) is 0. The first-order valence-corrected chi connectivity index (χ1v) is 17.1. The average Bonchev–Trinajstić information content (AvgIpc) is 2.92. The van der Waals surface area contributed by atoms with Crippen LogP contribution >= 0.6 is 0 Å². The molecule has 2 aromatic rings. The average molecular weight is 696 g/mol. The molecule has 1 radical (unpaired) electrons. The monoisotopic (exact) mass is 694 g/mol. The van der Waals surface area contributed by atoms with Crippen molar-refractivity contribution in [3.63, 3.8) is 0 Å². The van der Waals surface area contributed by atoms with Crippen molar-refractivity contribution in [2.75, 3.05) is 64.2 Å². The van der Waals surface area contributed by atoms with E-state index in [4.69, 9.17) is 50.5 Å². The molecule has 0 N–H and O–H groups in total. The maximum absolute atomic E-state index is 5.09. The van der Waals surface area contributed by atoms with Gasteiger partial charge in [-0.05, 0) is 50.7 Å². The van der Waals surface area contributed by atoms with Gasteiger partial charge in [0.25, 0.3) is 0 Å². The van der Waals surface area contributed by atoms with E-state index in [-0.39, 0.29) is 16.5 Å². The number of hydrogen-bond acceptors (Lipinski definition) is 6. The SMILES string of the molecule is CCCC[N+](CCCC)(CCCC)CCCC.Cc1cc([S-])c([S-])cc1N(C)C.Cc1cc([S-])c([S-])cc1N(C)C.[Ni+3]. The molecule has 0 heterocycles. The molecule has 0 spiro atoms. The molecular formula is C34H58N3NiS4. The number of unbranched alkanes of at least 4 members (excludes halogenated alkanes) is 4. The number of hydrogen-bond donors (Lipinski definition) is 0. The summed E-state index contributed by atoms with van der Waals surface area (Å²) in [7, 11) is 8.00. The molecule has 0 aromatic heterocycles. The van der Waals surface area contributed by atoms with Gasteiger partial charge >= 0.3 is 16.5 Å². The Morgan fingerprint density at radius 2 is 0.738 bits per heavy atom. The Labute approximate surface area is 293 Å². The van der Waals surface area contributed by atoms with E-state index < -0.39 is 0 Å². The molecule has 2 aromatic carbocycles. The normalized spacial score (nSPS) is 10.5. The molecule has 3 nitrogen and oxygen atoms in total. The van der Waals surface area contributed by atoms with Crippen LogP contribution in [-0.2, 0) is 67.0 Å². The molecule has 0 amide bonds. The van der Waals surface area contributed by atoms with Gasteiger partial charge in [-0.15, -0.1) is 0 Å². The summed E-state index contributed by atoms with van der Waals surface area (Å²) in [6.07, 6.45) is 11.1. The minimum absolute atomic E-state index is 0. The van der Waals surface area contributed by atoms with Gasteiger partial charge in [-0.25, -0.2) is 0 Å². The third kappa shape index (κ3) is 16.4. The Morgan fingerprint density at radius 1 is 0.500 bits per heavy atom. The van der Waals surface area contributed by atoms with Crippen molar-refractivity contribution < 1.29 is 21.0 Å². The van der Waals surface area contributed by atoms with Crippen molar-refractivity contribution in [2.45, 2.75) is 112 Å². The predicted octanol–water partition coefficient (Wildman–Crippen LogP) is 8.75.